The van der Waals surface area contributed by atoms with Gasteiger partial charge in [0.1, 0.15) is 11.2 Å². The summed E-state index contributed by atoms with van der Waals surface area (Å²) in [5.74, 6) is 0. The summed E-state index contributed by atoms with van der Waals surface area (Å²) in [6, 6.07) is 92.0. The van der Waals surface area contributed by atoms with Crippen molar-refractivity contribution in [3.63, 3.8) is 0 Å². The highest BCUT2D eigenvalue weighted by molar-refractivity contribution is 6.10. The van der Waals surface area contributed by atoms with Gasteiger partial charge in [-0.05, 0) is 158 Å². The lowest BCUT2D eigenvalue weighted by Gasteiger charge is -2.26. The number of rotatable bonds is 8. The quantitative estimate of drug-likeness (QED) is 0.152. The summed E-state index contributed by atoms with van der Waals surface area (Å²) in [5.41, 5.74) is 17.9. The third-order valence-electron chi connectivity index (χ3n) is 13.3. The molecule has 0 atom stereocenters. The molecule has 0 unspecified atom stereocenters. The molecule has 11 aromatic carbocycles. The fourth-order valence-corrected chi connectivity index (χ4v) is 10.0. The van der Waals surface area contributed by atoms with Crippen molar-refractivity contribution >= 4 is 71.6 Å². The summed E-state index contributed by atoms with van der Waals surface area (Å²) >= 11 is 0. The van der Waals surface area contributed by atoms with Gasteiger partial charge in [0.15, 0.2) is 0 Å². The van der Waals surface area contributed by atoms with Gasteiger partial charge in [-0.25, -0.2) is 0 Å². The molecule has 0 bridgehead atoms. The predicted molar refractivity (Wildman–Crippen MR) is 282 cm³/mol. The molecule has 0 amide bonds. The number of para-hydroxylation sites is 4. The Morgan fingerprint density at radius 2 is 0.761 bits per heavy atom. The SMILES string of the molecule is c1ccc(-c2ccc(N(c3ccccc3)c3ccc4cc(-c5cc(-c6ccc7c(c6)oc6ccccc67)cc(-c6ccc7c8ccccc8n(-c8ccccc8)c7c6)c5)ccc4c3)cc2)cc1. The number of benzene rings is 11. The maximum Gasteiger partial charge on any atom is 0.136 e. The minimum atomic E-state index is 0.887. The molecule has 0 N–H and O–H groups in total. The van der Waals surface area contributed by atoms with Crippen LogP contribution in [0.1, 0.15) is 0 Å². The molecule has 3 nitrogen and oxygen atoms in total. The highest BCUT2D eigenvalue weighted by Crippen LogP contribution is 2.41. The molecule has 2 heterocycles. The first-order valence-corrected chi connectivity index (χ1v) is 22.9. The van der Waals surface area contributed by atoms with Gasteiger partial charge in [-0.3, -0.25) is 0 Å². The van der Waals surface area contributed by atoms with Gasteiger partial charge in [0.2, 0.25) is 0 Å². The summed E-state index contributed by atoms with van der Waals surface area (Å²) in [7, 11) is 0. The van der Waals surface area contributed by atoms with Crippen LogP contribution in [-0.4, -0.2) is 4.57 Å². The summed E-state index contributed by atoms with van der Waals surface area (Å²) < 4.78 is 8.82. The van der Waals surface area contributed by atoms with Crippen LogP contribution >= 0.6 is 0 Å². The van der Waals surface area contributed by atoms with E-state index in [1.807, 2.05) is 12.1 Å². The van der Waals surface area contributed by atoms with Crippen LogP contribution in [0.25, 0.3) is 105 Å². The van der Waals surface area contributed by atoms with Crippen molar-refractivity contribution in [3.05, 3.63) is 255 Å². The van der Waals surface area contributed by atoms with E-state index in [1.165, 1.54) is 43.7 Å². The Labute approximate surface area is 388 Å². The first-order chi connectivity index (χ1) is 33.2. The first kappa shape index (κ1) is 38.5. The molecule has 67 heavy (non-hydrogen) atoms. The summed E-state index contributed by atoms with van der Waals surface area (Å²) in [4.78, 5) is 2.34. The molecule has 0 aliphatic heterocycles. The van der Waals surface area contributed by atoms with Crippen LogP contribution in [0, 0.1) is 0 Å². The van der Waals surface area contributed by atoms with Gasteiger partial charge in [-0.1, -0.05) is 152 Å². The number of furan rings is 1. The highest BCUT2D eigenvalue weighted by Gasteiger charge is 2.17. The number of hydrogen-bond donors (Lipinski definition) is 0. The van der Waals surface area contributed by atoms with Gasteiger partial charge in [-0.2, -0.15) is 0 Å². The molecule has 0 aliphatic rings. The van der Waals surface area contributed by atoms with Crippen molar-refractivity contribution < 1.29 is 4.42 Å². The zero-order valence-electron chi connectivity index (χ0n) is 36.6. The lowest BCUT2D eigenvalue weighted by atomic mass is 9.92. The van der Waals surface area contributed by atoms with Crippen molar-refractivity contribution in [3.8, 4) is 50.2 Å². The summed E-state index contributed by atoms with van der Waals surface area (Å²) in [5, 5.41) is 7.09. The van der Waals surface area contributed by atoms with Crippen LogP contribution in [-0.2, 0) is 0 Å². The summed E-state index contributed by atoms with van der Waals surface area (Å²) in [6.07, 6.45) is 0. The van der Waals surface area contributed by atoms with E-state index in [0.717, 1.165) is 78.1 Å². The van der Waals surface area contributed by atoms with Crippen molar-refractivity contribution in [1.82, 2.24) is 4.57 Å². The van der Waals surface area contributed by atoms with Gasteiger partial charge in [0.05, 0.1) is 11.0 Å². The summed E-state index contributed by atoms with van der Waals surface area (Å²) in [6.45, 7) is 0. The Morgan fingerprint density at radius 3 is 1.52 bits per heavy atom. The van der Waals surface area contributed by atoms with E-state index in [4.69, 9.17) is 4.42 Å². The minimum Gasteiger partial charge on any atom is -0.456 e. The highest BCUT2D eigenvalue weighted by atomic mass is 16.3. The van der Waals surface area contributed by atoms with Gasteiger partial charge in [-0.15, -0.1) is 0 Å². The van der Waals surface area contributed by atoms with E-state index in [0.29, 0.717) is 0 Å². The van der Waals surface area contributed by atoms with Gasteiger partial charge >= 0.3 is 0 Å². The average Bonchev–Trinajstić information content (AvgIpc) is 3.94. The number of nitrogens with zero attached hydrogens (tertiary/aromatic N) is 2. The molecule has 0 saturated carbocycles. The maximum atomic E-state index is 6.42. The Kier molecular flexibility index (Phi) is 9.17. The fraction of sp³-hybridized carbons (Fsp3) is 0. The Balaban J connectivity index is 0.939. The molecule has 13 rings (SSSR count). The van der Waals surface area contributed by atoms with E-state index in [2.05, 4.69) is 252 Å². The molecule has 0 radical (unpaired) electrons. The predicted octanol–water partition coefficient (Wildman–Crippen LogP) is 18.0. The Bertz CT molecular complexity index is 3960. The second-order valence-electron chi connectivity index (χ2n) is 17.4. The van der Waals surface area contributed by atoms with Crippen molar-refractivity contribution in [1.29, 1.82) is 0 Å². The third kappa shape index (κ3) is 6.84. The van der Waals surface area contributed by atoms with Crippen LogP contribution in [0.3, 0.4) is 0 Å². The molecule has 314 valence electrons. The third-order valence-corrected chi connectivity index (χ3v) is 13.3. The number of aromatic nitrogens is 1. The topological polar surface area (TPSA) is 21.3 Å². The van der Waals surface area contributed by atoms with Crippen molar-refractivity contribution in [2.45, 2.75) is 0 Å². The lowest BCUT2D eigenvalue weighted by Crippen LogP contribution is -2.09. The molecule has 0 fully saturated rings. The van der Waals surface area contributed by atoms with E-state index >= 15 is 0 Å². The van der Waals surface area contributed by atoms with E-state index in [1.54, 1.807) is 0 Å². The second kappa shape index (κ2) is 16.0. The molecule has 13 aromatic rings. The molecular formula is C64H42N2O. The number of hydrogen-bond acceptors (Lipinski definition) is 2. The normalized spacial score (nSPS) is 11.6. The Morgan fingerprint density at radius 1 is 0.269 bits per heavy atom. The van der Waals surface area contributed by atoms with Crippen LogP contribution < -0.4 is 4.90 Å². The van der Waals surface area contributed by atoms with Crippen molar-refractivity contribution in [2.24, 2.45) is 0 Å². The minimum absolute atomic E-state index is 0.887. The van der Waals surface area contributed by atoms with Gasteiger partial charge < -0.3 is 13.9 Å². The van der Waals surface area contributed by atoms with Gasteiger partial charge in [0, 0.05) is 44.3 Å². The molecule has 3 heteroatoms. The smallest absolute Gasteiger partial charge is 0.136 e. The molecule has 0 aliphatic carbocycles. The van der Waals surface area contributed by atoms with Crippen LogP contribution in [0.5, 0.6) is 0 Å². The maximum absolute atomic E-state index is 6.42. The first-order valence-electron chi connectivity index (χ1n) is 22.9. The fourth-order valence-electron chi connectivity index (χ4n) is 10.0. The standard InChI is InChI=1S/C64H42N2O/c1-4-14-43(15-5-1)44-26-31-55(32-27-44)65(53-16-6-2-7-17-53)56-33-28-45-36-46(24-25-47(45)40-56)50-37-51(39-52(38-50)49-30-35-60-59-21-11-13-23-63(59)67-64(60)42-49)48-29-34-58-57-20-10-12-22-61(57)66(62(58)41-48)54-18-8-3-9-19-54/h1-42H. The van der Waals surface area contributed by atoms with E-state index in [9.17, 15) is 0 Å². The molecular weight excluding hydrogens is 813 g/mol. The molecule has 2 aromatic heterocycles. The average molecular weight is 855 g/mol. The number of fused-ring (bicyclic) bond motifs is 7. The molecule has 0 saturated heterocycles. The van der Waals surface area contributed by atoms with Gasteiger partial charge in [0.25, 0.3) is 0 Å². The van der Waals surface area contributed by atoms with E-state index in [-0.39, 0.29) is 0 Å². The largest absolute Gasteiger partial charge is 0.456 e. The second-order valence-corrected chi connectivity index (χ2v) is 17.4. The van der Waals surface area contributed by atoms with Crippen LogP contribution in [0.4, 0.5) is 17.1 Å². The lowest BCUT2D eigenvalue weighted by molar-refractivity contribution is 0.669. The van der Waals surface area contributed by atoms with Crippen LogP contribution in [0.2, 0.25) is 0 Å². The van der Waals surface area contributed by atoms with E-state index < -0.39 is 0 Å². The zero-order valence-corrected chi connectivity index (χ0v) is 36.6. The zero-order chi connectivity index (χ0) is 44.3. The van der Waals surface area contributed by atoms with Crippen LogP contribution in [0.15, 0.2) is 259 Å². The monoisotopic (exact) mass is 854 g/mol. The Hall–Kier alpha value is -8.92. The number of anilines is 3. The van der Waals surface area contributed by atoms with Crippen molar-refractivity contribution in [2.75, 3.05) is 4.90 Å². The molecule has 0 spiro atoms.